The molecule has 5 heteroatoms. The van der Waals surface area contributed by atoms with Crippen molar-refractivity contribution >= 4 is 0 Å². The van der Waals surface area contributed by atoms with E-state index in [1.807, 2.05) is 48.9 Å². The van der Waals surface area contributed by atoms with Crippen molar-refractivity contribution in [2.24, 2.45) is 7.05 Å². The number of rotatable bonds is 4. The van der Waals surface area contributed by atoms with Crippen LogP contribution in [0, 0.1) is 18.3 Å². The van der Waals surface area contributed by atoms with Crippen LogP contribution in [0.3, 0.4) is 0 Å². The quantitative estimate of drug-likeness (QED) is 0.939. The highest BCUT2D eigenvalue weighted by Gasteiger charge is 2.20. The highest BCUT2D eigenvalue weighted by atomic mass is 16.6. The van der Waals surface area contributed by atoms with E-state index in [0.29, 0.717) is 25.4 Å². The summed E-state index contributed by atoms with van der Waals surface area (Å²) in [5.41, 5.74) is 2.92. The van der Waals surface area contributed by atoms with Gasteiger partial charge >= 0.3 is 0 Å². The van der Waals surface area contributed by atoms with E-state index in [9.17, 15) is 0 Å². The fraction of sp³-hybridized carbons (Fsp3) is 0.353. The van der Waals surface area contributed by atoms with Crippen molar-refractivity contribution in [3.63, 3.8) is 0 Å². The van der Waals surface area contributed by atoms with Gasteiger partial charge in [-0.05, 0) is 30.7 Å². The lowest BCUT2D eigenvalue weighted by Gasteiger charge is -2.26. The summed E-state index contributed by atoms with van der Waals surface area (Å²) in [5, 5.41) is 12.4. The molecule has 1 unspecified atom stereocenters. The fourth-order valence-corrected chi connectivity index (χ4v) is 2.58. The summed E-state index contributed by atoms with van der Waals surface area (Å²) in [6.07, 6.45) is -0.00523. The van der Waals surface area contributed by atoms with Gasteiger partial charge in [-0.25, -0.2) is 0 Å². The Morgan fingerprint density at radius 1 is 1.36 bits per heavy atom. The minimum absolute atomic E-state index is 0.00523. The monoisotopic (exact) mass is 297 g/mol. The molecule has 0 aliphatic carbocycles. The van der Waals surface area contributed by atoms with Gasteiger partial charge in [-0.1, -0.05) is 12.1 Å². The molecule has 2 aromatic rings. The second-order valence-electron chi connectivity index (χ2n) is 5.44. The van der Waals surface area contributed by atoms with Crippen molar-refractivity contribution in [3.05, 3.63) is 47.3 Å². The lowest BCUT2D eigenvalue weighted by Crippen LogP contribution is -2.38. The van der Waals surface area contributed by atoms with Crippen LogP contribution in [0.15, 0.2) is 30.3 Å². The van der Waals surface area contributed by atoms with Crippen LogP contribution in [0.1, 0.15) is 17.0 Å². The Balaban J connectivity index is 1.55. The second kappa shape index (κ2) is 6.12. The molecular weight excluding hydrogens is 278 g/mol. The van der Waals surface area contributed by atoms with Gasteiger partial charge in [0.15, 0.2) is 11.5 Å². The van der Waals surface area contributed by atoms with E-state index in [1.54, 1.807) is 0 Å². The topological polar surface area (TPSA) is 59.2 Å². The van der Waals surface area contributed by atoms with Crippen LogP contribution in [0.5, 0.6) is 11.5 Å². The van der Waals surface area contributed by atoms with Crippen LogP contribution in [-0.4, -0.2) is 23.8 Å². The van der Waals surface area contributed by atoms with Crippen LogP contribution >= 0.6 is 0 Å². The van der Waals surface area contributed by atoms with Crippen molar-refractivity contribution in [2.45, 2.75) is 19.6 Å². The second-order valence-corrected chi connectivity index (χ2v) is 5.44. The molecule has 5 nitrogen and oxygen atoms in total. The number of fused-ring (bicyclic) bond motifs is 1. The minimum Gasteiger partial charge on any atom is -0.486 e. The third kappa shape index (κ3) is 2.78. The zero-order valence-electron chi connectivity index (χ0n) is 12.8. The molecule has 1 N–H and O–H groups in total. The first kappa shape index (κ1) is 14.5. The van der Waals surface area contributed by atoms with Crippen LogP contribution in [0.25, 0.3) is 0 Å². The maximum absolute atomic E-state index is 9.05. The smallest absolute Gasteiger partial charge is 0.161 e. The van der Waals surface area contributed by atoms with Gasteiger partial charge < -0.3 is 19.4 Å². The predicted molar refractivity (Wildman–Crippen MR) is 82.9 cm³/mol. The van der Waals surface area contributed by atoms with Gasteiger partial charge in [-0.15, -0.1) is 0 Å². The number of nitrogens with zero attached hydrogens (tertiary/aromatic N) is 2. The lowest BCUT2D eigenvalue weighted by atomic mass is 10.2. The summed E-state index contributed by atoms with van der Waals surface area (Å²) in [6.45, 7) is 3.98. The van der Waals surface area contributed by atoms with Crippen LogP contribution in [0.2, 0.25) is 0 Å². The van der Waals surface area contributed by atoms with Crippen molar-refractivity contribution in [3.8, 4) is 17.6 Å². The van der Waals surface area contributed by atoms with E-state index < -0.39 is 0 Å². The Hall–Kier alpha value is -2.45. The first-order chi connectivity index (χ1) is 10.7. The molecule has 1 aromatic carbocycles. The molecule has 1 aliphatic rings. The summed E-state index contributed by atoms with van der Waals surface area (Å²) in [5.74, 6) is 1.60. The largest absolute Gasteiger partial charge is 0.486 e. The number of aromatic nitrogens is 1. The van der Waals surface area contributed by atoms with E-state index in [4.69, 9.17) is 14.7 Å². The first-order valence-electron chi connectivity index (χ1n) is 7.33. The number of nitrogens with one attached hydrogen (secondary N) is 1. The van der Waals surface area contributed by atoms with E-state index in [0.717, 1.165) is 22.8 Å². The molecule has 22 heavy (non-hydrogen) atoms. The van der Waals surface area contributed by atoms with Gasteiger partial charge in [0, 0.05) is 25.8 Å². The first-order valence-corrected chi connectivity index (χ1v) is 7.33. The van der Waals surface area contributed by atoms with E-state index in [1.165, 1.54) is 0 Å². The molecule has 114 valence electrons. The van der Waals surface area contributed by atoms with Crippen molar-refractivity contribution in [1.82, 2.24) is 9.88 Å². The SMILES string of the molecule is Cc1c(CNCC2COc3ccccc3O2)cc(C#N)n1C. The Morgan fingerprint density at radius 3 is 2.86 bits per heavy atom. The Labute approximate surface area is 130 Å². The van der Waals surface area contributed by atoms with Crippen LogP contribution < -0.4 is 14.8 Å². The normalized spacial score (nSPS) is 16.3. The highest BCUT2D eigenvalue weighted by Crippen LogP contribution is 2.30. The average Bonchev–Trinajstić information content (AvgIpc) is 2.82. The van der Waals surface area contributed by atoms with Crippen molar-refractivity contribution in [1.29, 1.82) is 5.26 Å². The van der Waals surface area contributed by atoms with Gasteiger partial charge in [-0.2, -0.15) is 5.26 Å². The van der Waals surface area contributed by atoms with Gasteiger partial charge in [0.2, 0.25) is 0 Å². The third-order valence-electron chi connectivity index (χ3n) is 4.01. The number of hydrogen-bond acceptors (Lipinski definition) is 4. The molecule has 2 heterocycles. The molecule has 1 atom stereocenters. The molecule has 1 aromatic heterocycles. The highest BCUT2D eigenvalue weighted by molar-refractivity contribution is 5.40. The number of hydrogen-bond donors (Lipinski definition) is 1. The van der Waals surface area contributed by atoms with Crippen molar-refractivity contribution < 1.29 is 9.47 Å². The van der Waals surface area contributed by atoms with Crippen LogP contribution in [0.4, 0.5) is 0 Å². The Kier molecular flexibility index (Phi) is 4.03. The fourth-order valence-electron chi connectivity index (χ4n) is 2.58. The Bertz CT molecular complexity index is 715. The van der Waals surface area contributed by atoms with E-state index >= 15 is 0 Å². The molecular formula is C17H19N3O2. The maximum atomic E-state index is 9.05. The van der Waals surface area contributed by atoms with Gasteiger partial charge in [0.25, 0.3) is 0 Å². The van der Waals surface area contributed by atoms with Gasteiger partial charge in [0.05, 0.1) is 0 Å². The summed E-state index contributed by atoms with van der Waals surface area (Å²) < 4.78 is 13.5. The minimum atomic E-state index is -0.00523. The standard InChI is InChI=1S/C17H19N3O2/c1-12-13(7-14(8-18)20(12)2)9-19-10-15-11-21-16-5-3-4-6-17(16)22-15/h3-7,15,19H,9-11H2,1-2H3. The molecule has 1 aliphatic heterocycles. The zero-order chi connectivity index (χ0) is 15.5. The molecule has 0 saturated heterocycles. The van der Waals surface area contributed by atoms with E-state index in [-0.39, 0.29) is 6.10 Å². The molecule has 0 fully saturated rings. The summed E-state index contributed by atoms with van der Waals surface area (Å²) >= 11 is 0. The van der Waals surface area contributed by atoms with E-state index in [2.05, 4.69) is 11.4 Å². The predicted octanol–water partition coefficient (Wildman–Crippen LogP) is 2.13. The Morgan fingerprint density at radius 2 is 2.14 bits per heavy atom. The third-order valence-corrected chi connectivity index (χ3v) is 4.01. The van der Waals surface area contributed by atoms with Gasteiger partial charge in [0.1, 0.15) is 24.5 Å². The lowest BCUT2D eigenvalue weighted by molar-refractivity contribution is 0.0902. The molecule has 3 rings (SSSR count). The maximum Gasteiger partial charge on any atom is 0.161 e. The molecule has 0 spiro atoms. The summed E-state index contributed by atoms with van der Waals surface area (Å²) in [6, 6.07) is 11.8. The number of ether oxygens (including phenoxy) is 2. The number of nitriles is 1. The molecule has 0 saturated carbocycles. The molecule has 0 bridgehead atoms. The number of benzene rings is 1. The van der Waals surface area contributed by atoms with Crippen LogP contribution in [-0.2, 0) is 13.6 Å². The zero-order valence-corrected chi connectivity index (χ0v) is 12.8. The van der Waals surface area contributed by atoms with Gasteiger partial charge in [-0.3, -0.25) is 0 Å². The summed E-state index contributed by atoms with van der Waals surface area (Å²) in [7, 11) is 1.91. The molecule has 0 radical (unpaired) electrons. The summed E-state index contributed by atoms with van der Waals surface area (Å²) in [4.78, 5) is 0. The number of para-hydroxylation sites is 2. The van der Waals surface area contributed by atoms with Crippen molar-refractivity contribution in [2.75, 3.05) is 13.2 Å². The average molecular weight is 297 g/mol. The molecule has 0 amide bonds.